The van der Waals surface area contributed by atoms with Gasteiger partial charge in [0, 0.05) is 17.5 Å². The average molecular weight is 393 g/mol. The molecule has 2 saturated heterocycles. The Kier molecular flexibility index (Phi) is 5.52. The summed E-state index contributed by atoms with van der Waals surface area (Å²) in [5.41, 5.74) is 2.29. The first-order valence-corrected chi connectivity index (χ1v) is 11.1. The lowest BCUT2D eigenvalue weighted by Crippen LogP contribution is -2.57. The number of piperidine rings is 1. The maximum Gasteiger partial charge on any atom is 0.315 e. The van der Waals surface area contributed by atoms with Crippen molar-refractivity contribution >= 4 is 5.97 Å². The maximum absolute atomic E-state index is 13.0. The zero-order valence-electron chi connectivity index (χ0n) is 18.0. The van der Waals surface area contributed by atoms with Crippen molar-refractivity contribution in [3.8, 4) is 0 Å². The van der Waals surface area contributed by atoms with Crippen molar-refractivity contribution in [3.05, 3.63) is 71.8 Å². The summed E-state index contributed by atoms with van der Waals surface area (Å²) in [6, 6.07) is 22.6. The summed E-state index contributed by atoms with van der Waals surface area (Å²) in [5.74, 6) is -0.0171. The fourth-order valence-electron chi connectivity index (χ4n) is 5.67. The molecule has 2 aliphatic rings. The summed E-state index contributed by atoms with van der Waals surface area (Å²) in [5, 5.41) is 0. The number of nitrogens with zero attached hydrogens (tertiary/aromatic N) is 1. The van der Waals surface area contributed by atoms with Crippen LogP contribution in [-0.2, 0) is 9.53 Å². The van der Waals surface area contributed by atoms with Gasteiger partial charge in [-0.3, -0.25) is 4.79 Å². The minimum Gasteiger partial charge on any atom is -0.460 e. The van der Waals surface area contributed by atoms with E-state index in [1.807, 2.05) is 20.8 Å². The number of esters is 1. The van der Waals surface area contributed by atoms with Crippen molar-refractivity contribution in [1.82, 2.24) is 0 Å². The van der Waals surface area contributed by atoms with E-state index in [1.54, 1.807) is 0 Å². The molecule has 1 unspecified atom stereocenters. The smallest absolute Gasteiger partial charge is 0.315 e. The second kappa shape index (κ2) is 7.95. The number of quaternary nitrogens is 1. The molecule has 0 bridgehead atoms. The third-order valence-electron chi connectivity index (χ3n) is 6.69. The van der Waals surface area contributed by atoms with Gasteiger partial charge in [-0.2, -0.15) is 0 Å². The lowest BCUT2D eigenvalue weighted by Gasteiger charge is -2.49. The van der Waals surface area contributed by atoms with Gasteiger partial charge in [-0.1, -0.05) is 60.7 Å². The summed E-state index contributed by atoms with van der Waals surface area (Å²) in [6.07, 6.45) is 4.65. The number of fused-ring (bicyclic) bond motifs is 1. The van der Waals surface area contributed by atoms with E-state index in [0.717, 1.165) is 24.0 Å². The molecule has 3 nitrogen and oxygen atoms in total. The Labute approximate surface area is 175 Å². The third kappa shape index (κ3) is 4.11. The molecule has 2 aromatic carbocycles. The standard InChI is InChI=1S/C26H34NO2/c1-26(2,3)29-25(28)22-18-23-16-10-11-17-27(23,19-22)24(20-12-6-4-7-13-20)21-14-8-5-9-15-21/h4-9,12-15,22-24H,10-11,16-19H2,1-3H3/q+1/t22?,23-,27-/m0/s1. The van der Waals surface area contributed by atoms with E-state index in [1.165, 1.54) is 30.4 Å². The van der Waals surface area contributed by atoms with Crippen LogP contribution in [-0.4, -0.2) is 35.2 Å². The molecular weight excluding hydrogens is 358 g/mol. The van der Waals surface area contributed by atoms with Crippen molar-refractivity contribution in [2.24, 2.45) is 5.92 Å². The van der Waals surface area contributed by atoms with Crippen LogP contribution < -0.4 is 0 Å². The first-order valence-electron chi connectivity index (χ1n) is 11.1. The molecule has 2 aromatic rings. The average Bonchev–Trinajstić information content (AvgIpc) is 3.09. The van der Waals surface area contributed by atoms with Gasteiger partial charge in [0.1, 0.15) is 17.6 Å². The highest BCUT2D eigenvalue weighted by molar-refractivity contribution is 5.73. The Morgan fingerprint density at radius 2 is 1.55 bits per heavy atom. The van der Waals surface area contributed by atoms with Crippen LogP contribution in [0.25, 0.3) is 0 Å². The fraction of sp³-hybridized carbons (Fsp3) is 0.500. The van der Waals surface area contributed by atoms with Gasteiger partial charge in [-0.25, -0.2) is 0 Å². The highest BCUT2D eigenvalue weighted by atomic mass is 16.6. The van der Waals surface area contributed by atoms with E-state index in [4.69, 9.17) is 4.74 Å². The maximum atomic E-state index is 13.0. The summed E-state index contributed by atoms with van der Waals surface area (Å²) < 4.78 is 6.81. The van der Waals surface area contributed by atoms with Gasteiger partial charge in [-0.15, -0.1) is 0 Å². The van der Waals surface area contributed by atoms with Gasteiger partial charge in [0.05, 0.1) is 19.1 Å². The molecule has 2 aliphatic heterocycles. The Balaban J connectivity index is 1.74. The predicted octanol–water partition coefficient (Wildman–Crippen LogP) is 5.51. The van der Waals surface area contributed by atoms with Crippen molar-refractivity contribution in [3.63, 3.8) is 0 Å². The van der Waals surface area contributed by atoms with Gasteiger partial charge in [0.15, 0.2) is 0 Å². The molecular formula is C26H34NO2+. The van der Waals surface area contributed by atoms with Crippen LogP contribution >= 0.6 is 0 Å². The third-order valence-corrected chi connectivity index (χ3v) is 6.69. The molecule has 0 spiro atoms. The molecule has 0 aliphatic carbocycles. The van der Waals surface area contributed by atoms with E-state index >= 15 is 0 Å². The van der Waals surface area contributed by atoms with Crippen LogP contribution in [0.3, 0.4) is 0 Å². The van der Waals surface area contributed by atoms with Gasteiger partial charge in [-0.05, 0) is 40.0 Å². The zero-order chi connectivity index (χ0) is 20.5. The van der Waals surface area contributed by atoms with Crippen LogP contribution in [0.5, 0.6) is 0 Å². The molecule has 4 rings (SSSR count). The number of carbonyl (C=O) groups is 1. The molecule has 0 radical (unpaired) electrons. The summed E-state index contributed by atoms with van der Waals surface area (Å²) >= 11 is 0. The van der Waals surface area contributed by atoms with Crippen LogP contribution in [0.15, 0.2) is 60.7 Å². The molecule has 29 heavy (non-hydrogen) atoms. The first-order chi connectivity index (χ1) is 13.9. The number of rotatable bonds is 4. The summed E-state index contributed by atoms with van der Waals surface area (Å²) in [6.45, 7) is 7.92. The first kappa shape index (κ1) is 20.2. The predicted molar refractivity (Wildman–Crippen MR) is 116 cm³/mol. The van der Waals surface area contributed by atoms with Crippen LogP contribution in [0.2, 0.25) is 0 Å². The molecule has 154 valence electrons. The normalized spacial score (nSPS) is 26.9. The van der Waals surface area contributed by atoms with Gasteiger partial charge in [0.25, 0.3) is 0 Å². The van der Waals surface area contributed by atoms with Gasteiger partial charge < -0.3 is 9.22 Å². The van der Waals surface area contributed by atoms with Gasteiger partial charge in [0.2, 0.25) is 0 Å². The van der Waals surface area contributed by atoms with Crippen LogP contribution in [0.4, 0.5) is 0 Å². The molecule has 0 saturated carbocycles. The minimum atomic E-state index is -0.427. The highest BCUT2D eigenvalue weighted by Crippen LogP contribution is 2.48. The molecule has 2 fully saturated rings. The quantitative estimate of drug-likeness (QED) is 0.507. The zero-order valence-corrected chi connectivity index (χ0v) is 18.0. The van der Waals surface area contributed by atoms with E-state index < -0.39 is 5.60 Å². The molecule has 2 heterocycles. The molecule has 3 heteroatoms. The molecule has 0 aromatic heterocycles. The second-order valence-corrected chi connectivity index (χ2v) is 9.85. The number of carbonyl (C=O) groups excluding carboxylic acids is 1. The SMILES string of the molecule is CC(C)(C)OC(=O)C1C[C@@H]2CCCC[N@+]2(C(c2ccccc2)c2ccccc2)C1. The largest absolute Gasteiger partial charge is 0.460 e. The molecule has 3 atom stereocenters. The lowest BCUT2D eigenvalue weighted by molar-refractivity contribution is -0.967. The number of ether oxygens (including phenoxy) is 1. The van der Waals surface area contributed by atoms with E-state index in [2.05, 4.69) is 60.7 Å². The number of hydrogen-bond acceptors (Lipinski definition) is 2. The summed E-state index contributed by atoms with van der Waals surface area (Å²) in [7, 11) is 0. The number of hydrogen-bond donors (Lipinski definition) is 0. The van der Waals surface area contributed by atoms with Crippen LogP contribution in [0, 0.1) is 5.92 Å². The Bertz CT molecular complexity index is 787. The lowest BCUT2D eigenvalue weighted by atomic mass is 9.89. The van der Waals surface area contributed by atoms with Crippen molar-refractivity contribution < 1.29 is 14.0 Å². The fourth-order valence-corrected chi connectivity index (χ4v) is 5.67. The van der Waals surface area contributed by atoms with Crippen LogP contribution in [0.1, 0.15) is 63.6 Å². The van der Waals surface area contributed by atoms with E-state index in [0.29, 0.717) is 6.04 Å². The monoisotopic (exact) mass is 392 g/mol. The van der Waals surface area contributed by atoms with E-state index in [-0.39, 0.29) is 17.9 Å². The Morgan fingerprint density at radius 3 is 2.10 bits per heavy atom. The number of benzene rings is 2. The van der Waals surface area contributed by atoms with Crippen molar-refractivity contribution in [1.29, 1.82) is 0 Å². The Hall–Kier alpha value is -2.13. The Morgan fingerprint density at radius 1 is 0.966 bits per heavy atom. The van der Waals surface area contributed by atoms with Crippen molar-refractivity contribution in [2.45, 2.75) is 64.1 Å². The minimum absolute atomic E-state index is 0.00718. The summed E-state index contributed by atoms with van der Waals surface area (Å²) in [4.78, 5) is 13.0. The van der Waals surface area contributed by atoms with Crippen molar-refractivity contribution in [2.75, 3.05) is 13.1 Å². The highest BCUT2D eigenvalue weighted by Gasteiger charge is 2.55. The van der Waals surface area contributed by atoms with E-state index in [9.17, 15) is 4.79 Å². The molecule has 0 N–H and O–H groups in total. The topological polar surface area (TPSA) is 26.3 Å². The second-order valence-electron chi connectivity index (χ2n) is 9.85. The van der Waals surface area contributed by atoms with Gasteiger partial charge >= 0.3 is 5.97 Å². The molecule has 0 amide bonds.